The Morgan fingerprint density at radius 1 is 1.19 bits per heavy atom. The molecule has 138 valence electrons. The molecule has 2 fully saturated rings. The number of fused-ring (bicyclic) bond motifs is 1. The Kier molecular flexibility index (Phi) is 4.13. The highest BCUT2D eigenvalue weighted by molar-refractivity contribution is 5.86. The van der Waals surface area contributed by atoms with Crippen molar-refractivity contribution in [2.75, 3.05) is 13.1 Å². The summed E-state index contributed by atoms with van der Waals surface area (Å²) in [6.07, 6.45) is 6.94. The first-order chi connectivity index (χ1) is 12.5. The van der Waals surface area contributed by atoms with Crippen molar-refractivity contribution in [3.63, 3.8) is 0 Å². The van der Waals surface area contributed by atoms with Gasteiger partial charge >= 0.3 is 0 Å². The lowest BCUT2D eigenvalue weighted by atomic mass is 9.79. The summed E-state index contributed by atoms with van der Waals surface area (Å²) in [5, 5.41) is 9.63. The second-order valence-electron chi connectivity index (χ2n) is 8.43. The third kappa shape index (κ3) is 2.74. The topological polar surface area (TPSA) is 79.0 Å². The molecule has 0 N–H and O–H groups in total. The Balaban J connectivity index is 1.52. The van der Waals surface area contributed by atoms with Crippen molar-refractivity contribution in [2.24, 2.45) is 10.8 Å². The Morgan fingerprint density at radius 3 is 2.65 bits per heavy atom. The largest absolute Gasteiger partial charge is 0.341 e. The number of carbonyl (C=O) groups is 1. The highest BCUT2D eigenvalue weighted by atomic mass is 16.2. The highest BCUT2D eigenvalue weighted by Gasteiger charge is 2.48. The van der Waals surface area contributed by atoms with E-state index >= 15 is 0 Å². The van der Waals surface area contributed by atoms with Crippen molar-refractivity contribution < 1.29 is 4.79 Å². The van der Waals surface area contributed by atoms with E-state index in [1.54, 1.807) is 10.6 Å². The summed E-state index contributed by atoms with van der Waals surface area (Å²) >= 11 is 0. The van der Waals surface area contributed by atoms with E-state index in [-0.39, 0.29) is 16.9 Å². The van der Waals surface area contributed by atoms with Crippen molar-refractivity contribution in [1.82, 2.24) is 14.5 Å². The van der Waals surface area contributed by atoms with Gasteiger partial charge in [-0.15, -0.1) is 0 Å². The van der Waals surface area contributed by atoms with Crippen molar-refractivity contribution in [2.45, 2.75) is 64.8 Å². The summed E-state index contributed by atoms with van der Waals surface area (Å²) in [5.74, 6) is 0.920. The SMILES string of the molecule is Cc1cc(=O)n2c(n1)CCC1(CCN(C(=O)C3(C#N)CCCC3)C1)CC2. The number of amides is 1. The van der Waals surface area contributed by atoms with E-state index in [1.165, 1.54) is 0 Å². The third-order valence-corrected chi connectivity index (χ3v) is 6.77. The van der Waals surface area contributed by atoms with Gasteiger partial charge in [0.15, 0.2) is 0 Å². The van der Waals surface area contributed by atoms with Crippen LogP contribution in [0.25, 0.3) is 0 Å². The van der Waals surface area contributed by atoms with Gasteiger partial charge in [-0.1, -0.05) is 12.8 Å². The minimum absolute atomic E-state index is 0.0323. The van der Waals surface area contributed by atoms with Gasteiger partial charge in [0.25, 0.3) is 5.56 Å². The van der Waals surface area contributed by atoms with Crippen molar-refractivity contribution >= 4 is 5.91 Å². The molecule has 6 nitrogen and oxygen atoms in total. The van der Waals surface area contributed by atoms with Crippen LogP contribution < -0.4 is 5.56 Å². The molecule has 0 radical (unpaired) electrons. The first-order valence-corrected chi connectivity index (χ1v) is 9.75. The van der Waals surface area contributed by atoms with E-state index < -0.39 is 5.41 Å². The van der Waals surface area contributed by atoms with Crippen molar-refractivity contribution in [3.8, 4) is 6.07 Å². The molecule has 3 aliphatic rings. The van der Waals surface area contributed by atoms with E-state index in [0.717, 1.165) is 63.1 Å². The molecule has 1 saturated heterocycles. The minimum atomic E-state index is -0.783. The van der Waals surface area contributed by atoms with Crippen LogP contribution in [0.5, 0.6) is 0 Å². The molecule has 0 aromatic carbocycles. The maximum absolute atomic E-state index is 13.1. The smallest absolute Gasteiger partial charge is 0.253 e. The number of rotatable bonds is 1. The lowest BCUT2D eigenvalue weighted by molar-refractivity contribution is -0.138. The fourth-order valence-corrected chi connectivity index (χ4v) is 5.13. The summed E-state index contributed by atoms with van der Waals surface area (Å²) in [6, 6.07) is 3.94. The van der Waals surface area contributed by atoms with Gasteiger partial charge in [-0.2, -0.15) is 5.26 Å². The van der Waals surface area contributed by atoms with Crippen LogP contribution >= 0.6 is 0 Å². The van der Waals surface area contributed by atoms with Crippen LogP contribution in [-0.4, -0.2) is 33.4 Å². The van der Waals surface area contributed by atoms with Crippen LogP contribution in [0.3, 0.4) is 0 Å². The molecule has 6 heteroatoms. The van der Waals surface area contributed by atoms with Gasteiger partial charge in [-0.05, 0) is 44.4 Å². The van der Waals surface area contributed by atoms with E-state index in [1.807, 2.05) is 11.8 Å². The van der Waals surface area contributed by atoms with Gasteiger partial charge in [0.1, 0.15) is 11.2 Å². The van der Waals surface area contributed by atoms with Gasteiger partial charge in [-0.3, -0.25) is 14.2 Å². The molecule has 1 amide bonds. The molecule has 1 aliphatic carbocycles. The second kappa shape index (κ2) is 6.22. The number of aromatic nitrogens is 2. The molecule has 1 atom stereocenters. The summed E-state index contributed by atoms with van der Waals surface area (Å²) in [6.45, 7) is 3.99. The maximum atomic E-state index is 13.1. The van der Waals surface area contributed by atoms with E-state index in [2.05, 4.69) is 11.1 Å². The number of aryl methyl sites for hydroxylation is 2. The molecular weight excluding hydrogens is 328 g/mol. The monoisotopic (exact) mass is 354 g/mol. The van der Waals surface area contributed by atoms with Crippen molar-refractivity contribution in [1.29, 1.82) is 5.26 Å². The Bertz CT molecular complexity index is 831. The third-order valence-electron chi connectivity index (χ3n) is 6.77. The predicted octanol–water partition coefficient (Wildman–Crippen LogP) is 2.19. The molecule has 26 heavy (non-hydrogen) atoms. The van der Waals surface area contributed by atoms with Crippen LogP contribution in [0, 0.1) is 29.1 Å². The van der Waals surface area contributed by atoms with Crippen molar-refractivity contribution in [3.05, 3.63) is 27.9 Å². The number of hydrogen-bond acceptors (Lipinski definition) is 4. The molecule has 1 spiro atoms. The van der Waals surface area contributed by atoms with Gasteiger partial charge < -0.3 is 4.90 Å². The molecule has 2 aliphatic heterocycles. The highest BCUT2D eigenvalue weighted by Crippen LogP contribution is 2.44. The van der Waals surface area contributed by atoms with E-state index in [9.17, 15) is 14.9 Å². The van der Waals surface area contributed by atoms with Gasteiger partial charge in [-0.25, -0.2) is 4.98 Å². The molecule has 1 saturated carbocycles. The molecule has 0 bridgehead atoms. The van der Waals surface area contributed by atoms with Gasteiger partial charge in [0.05, 0.1) is 6.07 Å². The normalized spacial score (nSPS) is 27.2. The fourth-order valence-electron chi connectivity index (χ4n) is 5.13. The van der Waals surface area contributed by atoms with Crippen LogP contribution in [0.4, 0.5) is 0 Å². The molecule has 4 rings (SSSR count). The number of likely N-dealkylation sites (tertiary alicyclic amines) is 1. The molecule has 3 heterocycles. The maximum Gasteiger partial charge on any atom is 0.253 e. The number of nitriles is 1. The Morgan fingerprint density at radius 2 is 1.92 bits per heavy atom. The number of hydrogen-bond donors (Lipinski definition) is 0. The summed E-state index contributed by atoms with van der Waals surface area (Å²) < 4.78 is 1.81. The summed E-state index contributed by atoms with van der Waals surface area (Å²) in [7, 11) is 0. The van der Waals surface area contributed by atoms with Gasteiger partial charge in [0.2, 0.25) is 5.91 Å². The standard InChI is InChI=1S/C20H26N4O2/c1-15-12-17(25)24-11-9-19(7-4-16(24)22-15)8-10-23(14-19)18(26)20(13-21)5-2-3-6-20/h12H,2-11,14H2,1H3. The summed E-state index contributed by atoms with van der Waals surface area (Å²) in [4.78, 5) is 31.9. The minimum Gasteiger partial charge on any atom is -0.341 e. The number of nitrogens with zero attached hydrogens (tertiary/aromatic N) is 4. The number of carbonyl (C=O) groups excluding carboxylic acids is 1. The zero-order valence-corrected chi connectivity index (χ0v) is 15.5. The molecule has 1 aromatic heterocycles. The average Bonchev–Trinajstić information content (AvgIpc) is 3.22. The van der Waals surface area contributed by atoms with Crippen LogP contribution in [0.1, 0.15) is 56.5 Å². The first kappa shape index (κ1) is 17.3. The molecule has 1 aromatic rings. The van der Waals surface area contributed by atoms with E-state index in [4.69, 9.17) is 0 Å². The average molecular weight is 354 g/mol. The summed E-state index contributed by atoms with van der Waals surface area (Å²) in [5.41, 5.74) is 0.0795. The first-order valence-electron chi connectivity index (χ1n) is 9.75. The second-order valence-corrected chi connectivity index (χ2v) is 8.43. The Hall–Kier alpha value is -2.16. The van der Waals surface area contributed by atoms with Crippen LogP contribution in [0.2, 0.25) is 0 Å². The van der Waals surface area contributed by atoms with Crippen LogP contribution in [-0.2, 0) is 17.8 Å². The van der Waals surface area contributed by atoms with E-state index in [0.29, 0.717) is 19.4 Å². The lowest BCUT2D eigenvalue weighted by Crippen LogP contribution is -2.42. The fraction of sp³-hybridized carbons (Fsp3) is 0.700. The lowest BCUT2D eigenvalue weighted by Gasteiger charge is -2.30. The zero-order valence-electron chi connectivity index (χ0n) is 15.5. The zero-order chi connectivity index (χ0) is 18.4. The Labute approximate surface area is 153 Å². The van der Waals surface area contributed by atoms with Crippen LogP contribution in [0.15, 0.2) is 10.9 Å². The van der Waals surface area contributed by atoms with Gasteiger partial charge in [0, 0.05) is 37.8 Å². The molecular formula is C20H26N4O2. The quantitative estimate of drug-likeness (QED) is 0.774. The molecule has 1 unspecified atom stereocenters. The predicted molar refractivity (Wildman–Crippen MR) is 96.3 cm³/mol.